The molecule has 2 saturated heterocycles. The van der Waals surface area contributed by atoms with Crippen LogP contribution >= 0.6 is 0 Å². The maximum atomic E-state index is 12.6. The molecule has 1 aliphatic carbocycles. The van der Waals surface area contributed by atoms with E-state index in [0.29, 0.717) is 18.6 Å². The van der Waals surface area contributed by atoms with E-state index in [1.165, 1.54) is 24.8 Å². The highest BCUT2D eigenvalue weighted by Crippen LogP contribution is 2.58. The zero-order chi connectivity index (χ0) is 26.1. The fourth-order valence-electron chi connectivity index (χ4n) is 6.51. The normalized spacial score (nSPS) is 24.8. The molecule has 1 saturated carbocycles. The van der Waals surface area contributed by atoms with Crippen molar-refractivity contribution >= 4 is 11.8 Å². The molecule has 1 unspecified atom stereocenters. The van der Waals surface area contributed by atoms with Gasteiger partial charge in [0.05, 0.1) is 18.8 Å². The number of carboxylic acid groups (broad SMARTS) is 1. The van der Waals surface area contributed by atoms with Gasteiger partial charge in [-0.3, -0.25) is 9.69 Å². The number of likely N-dealkylation sites (tertiary alicyclic amines) is 1. The van der Waals surface area contributed by atoms with Gasteiger partial charge in [0.25, 0.3) is 0 Å². The number of hydrogen-bond donors (Lipinski definition) is 2. The van der Waals surface area contributed by atoms with Gasteiger partial charge < -0.3 is 19.9 Å². The molecule has 1 aromatic heterocycles. The molecule has 0 bridgehead atoms. The smallest absolute Gasteiger partial charge is 0.325 e. The summed E-state index contributed by atoms with van der Waals surface area (Å²) in [6, 6.07) is 9.97. The summed E-state index contributed by atoms with van der Waals surface area (Å²) in [6.07, 6.45) is 9.70. The second-order valence-corrected chi connectivity index (χ2v) is 12.0. The first-order valence-corrected chi connectivity index (χ1v) is 14.5. The summed E-state index contributed by atoms with van der Waals surface area (Å²) in [7, 11) is 0. The van der Waals surface area contributed by atoms with Crippen molar-refractivity contribution < 1.29 is 19.4 Å². The van der Waals surface area contributed by atoms with Crippen molar-refractivity contribution in [2.75, 3.05) is 38.2 Å². The van der Waals surface area contributed by atoms with Crippen molar-refractivity contribution in [2.45, 2.75) is 83.0 Å². The molecular formula is C31H41N3O4. The van der Waals surface area contributed by atoms with Crippen LogP contribution in [0.5, 0.6) is 0 Å². The maximum Gasteiger partial charge on any atom is 0.325 e. The molecule has 38 heavy (non-hydrogen) atoms. The minimum absolute atomic E-state index is 0.00462. The predicted molar refractivity (Wildman–Crippen MR) is 146 cm³/mol. The van der Waals surface area contributed by atoms with E-state index < -0.39 is 12.0 Å². The summed E-state index contributed by atoms with van der Waals surface area (Å²) in [4.78, 5) is 19.5. The lowest BCUT2D eigenvalue weighted by Gasteiger charge is -2.28. The van der Waals surface area contributed by atoms with E-state index >= 15 is 0 Å². The second-order valence-electron chi connectivity index (χ2n) is 12.0. The van der Waals surface area contributed by atoms with Crippen LogP contribution in [0.25, 0.3) is 0 Å². The van der Waals surface area contributed by atoms with Crippen LogP contribution in [0.1, 0.15) is 85.0 Å². The number of aliphatic carboxylic acids is 1. The Morgan fingerprint density at radius 3 is 3.00 bits per heavy atom. The number of aryl methyl sites for hydroxylation is 3. The number of benzene rings is 1. The Bertz CT molecular complexity index is 1160. The first-order chi connectivity index (χ1) is 18.5. The fraction of sp³-hybridized carbons (Fsp3) is 0.613. The average Bonchev–Trinajstić information content (AvgIpc) is 3.30. The van der Waals surface area contributed by atoms with Crippen molar-refractivity contribution in [3.8, 4) is 0 Å². The first kappa shape index (κ1) is 25.8. The van der Waals surface area contributed by atoms with Gasteiger partial charge in [-0.2, -0.15) is 0 Å². The van der Waals surface area contributed by atoms with Crippen LogP contribution in [-0.4, -0.2) is 59.9 Å². The lowest BCUT2D eigenvalue weighted by Crippen LogP contribution is -2.34. The van der Waals surface area contributed by atoms with Crippen molar-refractivity contribution in [3.05, 3.63) is 58.3 Å². The number of carbonyl (C=O) groups is 1. The van der Waals surface area contributed by atoms with E-state index in [2.05, 4.69) is 40.5 Å². The van der Waals surface area contributed by atoms with Crippen LogP contribution in [0, 0.1) is 12.3 Å². The second kappa shape index (κ2) is 10.9. The van der Waals surface area contributed by atoms with Crippen molar-refractivity contribution in [1.82, 2.24) is 9.88 Å². The van der Waals surface area contributed by atoms with Crippen molar-refractivity contribution in [3.63, 3.8) is 0 Å². The van der Waals surface area contributed by atoms with Gasteiger partial charge in [-0.1, -0.05) is 29.8 Å². The molecule has 3 aliphatic heterocycles. The molecule has 6 rings (SSSR count). The number of fused-ring (bicyclic) bond motifs is 1. The van der Waals surface area contributed by atoms with E-state index in [0.717, 1.165) is 86.4 Å². The van der Waals surface area contributed by atoms with Gasteiger partial charge in [-0.05, 0) is 92.9 Å². The third-order valence-electron chi connectivity index (χ3n) is 8.96. The number of anilines is 1. The van der Waals surface area contributed by atoms with Crippen LogP contribution < -0.4 is 5.32 Å². The number of rotatable bonds is 10. The Morgan fingerprint density at radius 1 is 1.29 bits per heavy atom. The van der Waals surface area contributed by atoms with Crippen LogP contribution in [0.2, 0.25) is 0 Å². The van der Waals surface area contributed by atoms with E-state index in [-0.39, 0.29) is 12.2 Å². The van der Waals surface area contributed by atoms with E-state index in [1.807, 2.05) is 6.92 Å². The monoisotopic (exact) mass is 519 g/mol. The SMILES string of the molecule is Cc1ccc(C2CC3(CC3)CO2)c([C@@H](C(=O)O)N2CC[C@@H](OCCCCc3ccc4c(n3)NCCC4)C2)c1. The Balaban J connectivity index is 1.02. The van der Waals surface area contributed by atoms with Gasteiger partial charge in [0.1, 0.15) is 11.9 Å². The molecule has 0 amide bonds. The van der Waals surface area contributed by atoms with Gasteiger partial charge in [0, 0.05) is 31.9 Å². The number of aromatic nitrogens is 1. The highest BCUT2D eigenvalue weighted by molar-refractivity contribution is 5.76. The minimum Gasteiger partial charge on any atom is -0.480 e. The summed E-state index contributed by atoms with van der Waals surface area (Å²) < 4.78 is 12.4. The Hall–Kier alpha value is -2.48. The molecule has 204 valence electrons. The molecule has 7 nitrogen and oxygen atoms in total. The molecule has 3 fully saturated rings. The van der Waals surface area contributed by atoms with E-state index in [1.54, 1.807) is 0 Å². The largest absolute Gasteiger partial charge is 0.480 e. The van der Waals surface area contributed by atoms with Crippen LogP contribution in [0.3, 0.4) is 0 Å². The van der Waals surface area contributed by atoms with Gasteiger partial charge >= 0.3 is 5.97 Å². The number of pyridine rings is 1. The Morgan fingerprint density at radius 2 is 2.18 bits per heavy atom. The van der Waals surface area contributed by atoms with Crippen LogP contribution in [0.15, 0.2) is 30.3 Å². The molecule has 7 heteroatoms. The predicted octanol–water partition coefficient (Wildman–Crippen LogP) is 5.23. The topological polar surface area (TPSA) is 83.9 Å². The van der Waals surface area contributed by atoms with Crippen LogP contribution in [-0.2, 0) is 27.1 Å². The Labute approximate surface area is 225 Å². The summed E-state index contributed by atoms with van der Waals surface area (Å²) in [5, 5.41) is 13.8. The van der Waals surface area contributed by atoms with Crippen molar-refractivity contribution in [2.24, 2.45) is 5.41 Å². The number of unbranched alkanes of at least 4 members (excludes halogenated alkanes) is 1. The van der Waals surface area contributed by atoms with Crippen LogP contribution in [0.4, 0.5) is 5.82 Å². The summed E-state index contributed by atoms with van der Waals surface area (Å²) in [5.74, 6) is 0.274. The quantitative estimate of drug-likeness (QED) is 0.416. The number of hydrogen-bond acceptors (Lipinski definition) is 6. The van der Waals surface area contributed by atoms with Crippen molar-refractivity contribution in [1.29, 1.82) is 0 Å². The molecule has 0 radical (unpaired) electrons. The lowest BCUT2D eigenvalue weighted by molar-refractivity contribution is -0.143. The Kier molecular flexibility index (Phi) is 7.43. The highest BCUT2D eigenvalue weighted by Gasteiger charge is 2.50. The molecule has 4 aliphatic rings. The highest BCUT2D eigenvalue weighted by atomic mass is 16.5. The molecule has 4 heterocycles. The van der Waals surface area contributed by atoms with Gasteiger partial charge in [0.2, 0.25) is 0 Å². The minimum atomic E-state index is -0.788. The fourth-order valence-corrected chi connectivity index (χ4v) is 6.51. The number of ether oxygens (including phenoxy) is 2. The van der Waals surface area contributed by atoms with E-state index in [9.17, 15) is 9.90 Å². The zero-order valence-corrected chi connectivity index (χ0v) is 22.6. The summed E-state index contributed by atoms with van der Waals surface area (Å²) >= 11 is 0. The van der Waals surface area contributed by atoms with Gasteiger partial charge in [-0.25, -0.2) is 4.98 Å². The summed E-state index contributed by atoms with van der Waals surface area (Å²) in [5.41, 5.74) is 5.86. The number of nitrogens with one attached hydrogen (secondary N) is 1. The molecule has 3 atom stereocenters. The van der Waals surface area contributed by atoms with Gasteiger partial charge in [-0.15, -0.1) is 0 Å². The average molecular weight is 520 g/mol. The molecule has 1 aromatic carbocycles. The third-order valence-corrected chi connectivity index (χ3v) is 8.96. The summed E-state index contributed by atoms with van der Waals surface area (Å²) in [6.45, 7) is 5.94. The molecule has 2 aromatic rings. The van der Waals surface area contributed by atoms with E-state index in [4.69, 9.17) is 14.5 Å². The molecular weight excluding hydrogens is 478 g/mol. The molecule has 1 spiro atoms. The number of carboxylic acids is 1. The molecule has 2 N–H and O–H groups in total. The standard InChI is InChI=1S/C31H41N3O4/c1-21-7-10-25(27-18-31(12-13-31)20-38-27)26(17-21)28(30(35)36)34-15-11-24(19-34)37-16-3-2-6-23-9-8-22-5-4-14-32-29(22)33-23/h7-10,17,24,27-28H,2-6,11-16,18-20H2,1H3,(H,32,33)(H,35,36)/t24-,27?,28+/m1/s1. The third kappa shape index (κ3) is 5.61. The number of nitrogens with zero attached hydrogens (tertiary/aromatic N) is 2. The zero-order valence-electron chi connectivity index (χ0n) is 22.6. The maximum absolute atomic E-state index is 12.6. The van der Waals surface area contributed by atoms with Gasteiger partial charge in [0.15, 0.2) is 0 Å². The first-order valence-electron chi connectivity index (χ1n) is 14.5. The lowest BCUT2D eigenvalue weighted by atomic mass is 9.90.